The van der Waals surface area contributed by atoms with E-state index in [9.17, 15) is 9.59 Å². The first kappa shape index (κ1) is 22.0. The van der Waals surface area contributed by atoms with E-state index in [2.05, 4.69) is 20.9 Å². The van der Waals surface area contributed by atoms with Crippen molar-refractivity contribution in [1.29, 1.82) is 0 Å². The van der Waals surface area contributed by atoms with Crippen molar-refractivity contribution in [2.45, 2.75) is 44.8 Å². The molecule has 7 heteroatoms. The summed E-state index contributed by atoms with van der Waals surface area (Å²) < 4.78 is 0. The number of likely N-dealkylation sites (tertiary alicyclic amines) is 1. The molecule has 31 heavy (non-hydrogen) atoms. The molecule has 4 rings (SSSR count). The zero-order valence-electron chi connectivity index (χ0n) is 18.0. The van der Waals surface area contributed by atoms with Crippen LogP contribution in [-0.4, -0.2) is 60.4 Å². The Labute approximate surface area is 188 Å². The van der Waals surface area contributed by atoms with Crippen molar-refractivity contribution in [3.8, 4) is 0 Å². The molecule has 1 unspecified atom stereocenters. The van der Waals surface area contributed by atoms with Crippen LogP contribution in [0.4, 0.5) is 4.79 Å². The van der Waals surface area contributed by atoms with Crippen molar-refractivity contribution < 1.29 is 9.59 Å². The maximum absolute atomic E-state index is 13.1. The normalized spacial score (nSPS) is 20.3. The topological polar surface area (TPSA) is 64.7 Å². The SMILES string of the molecule is O=C(c1cc(CN2CCCCCC2)cs1)C1CN(C(=O)NCc2ccccc2)CCN1. The molecule has 3 heterocycles. The van der Waals surface area contributed by atoms with Crippen LogP contribution in [0.5, 0.6) is 0 Å². The number of amides is 2. The molecular formula is C24H32N4O2S. The molecule has 2 N–H and O–H groups in total. The third-order valence-electron chi connectivity index (χ3n) is 6.07. The van der Waals surface area contributed by atoms with Crippen LogP contribution in [0.15, 0.2) is 41.8 Å². The van der Waals surface area contributed by atoms with Crippen LogP contribution in [-0.2, 0) is 13.1 Å². The number of hydrogen-bond acceptors (Lipinski definition) is 5. The van der Waals surface area contributed by atoms with Crippen LogP contribution in [0.1, 0.15) is 46.5 Å². The Morgan fingerprint density at radius 3 is 2.58 bits per heavy atom. The van der Waals surface area contributed by atoms with Crippen LogP contribution in [0.3, 0.4) is 0 Å². The van der Waals surface area contributed by atoms with Gasteiger partial charge >= 0.3 is 6.03 Å². The third-order valence-corrected chi connectivity index (χ3v) is 7.06. The highest BCUT2D eigenvalue weighted by molar-refractivity contribution is 7.12. The molecule has 0 spiro atoms. The summed E-state index contributed by atoms with van der Waals surface area (Å²) in [4.78, 5) is 30.7. The first-order valence-corrected chi connectivity index (χ1v) is 12.2. The molecular weight excluding hydrogens is 408 g/mol. The predicted octanol–water partition coefficient (Wildman–Crippen LogP) is 3.49. The van der Waals surface area contributed by atoms with Gasteiger partial charge in [-0.3, -0.25) is 9.69 Å². The molecule has 0 saturated carbocycles. The number of carbonyl (C=O) groups is 2. The minimum Gasteiger partial charge on any atom is -0.334 e. The highest BCUT2D eigenvalue weighted by atomic mass is 32.1. The second-order valence-corrected chi connectivity index (χ2v) is 9.38. The van der Waals surface area contributed by atoms with E-state index in [0.717, 1.165) is 30.1 Å². The fraction of sp³-hybridized carbons (Fsp3) is 0.500. The summed E-state index contributed by atoms with van der Waals surface area (Å²) in [6.45, 7) is 5.35. The quantitative estimate of drug-likeness (QED) is 0.675. The van der Waals surface area contributed by atoms with E-state index in [1.54, 1.807) is 4.90 Å². The van der Waals surface area contributed by atoms with Gasteiger partial charge in [-0.25, -0.2) is 4.79 Å². The lowest BCUT2D eigenvalue weighted by molar-refractivity contribution is 0.0899. The largest absolute Gasteiger partial charge is 0.334 e. The number of nitrogens with one attached hydrogen (secondary N) is 2. The van der Waals surface area contributed by atoms with Crippen LogP contribution in [0, 0.1) is 0 Å². The monoisotopic (exact) mass is 440 g/mol. The molecule has 1 atom stereocenters. The summed E-state index contributed by atoms with van der Waals surface area (Å²) in [5.74, 6) is 0.0904. The van der Waals surface area contributed by atoms with Gasteiger partial charge in [0.15, 0.2) is 5.78 Å². The van der Waals surface area contributed by atoms with Crippen LogP contribution in [0.2, 0.25) is 0 Å². The number of benzene rings is 1. The van der Waals surface area contributed by atoms with Gasteiger partial charge in [-0.05, 0) is 48.5 Å². The van der Waals surface area contributed by atoms with Crippen LogP contribution < -0.4 is 10.6 Å². The van der Waals surface area contributed by atoms with Gasteiger partial charge in [-0.1, -0.05) is 43.2 Å². The molecule has 1 aromatic heterocycles. The minimum absolute atomic E-state index is 0.0904. The maximum Gasteiger partial charge on any atom is 0.317 e. The standard InChI is InChI=1S/C24H32N4O2S/c29-23(22-14-20(18-31-22)16-27-11-6-1-2-7-12-27)21-17-28(13-10-25-21)24(30)26-15-19-8-4-3-5-9-19/h3-5,8-9,14,18,21,25H,1-2,6-7,10-13,15-17H2,(H,26,30). The second-order valence-electron chi connectivity index (χ2n) is 8.47. The van der Waals surface area contributed by atoms with E-state index in [0.29, 0.717) is 26.2 Å². The maximum atomic E-state index is 13.1. The number of hydrogen-bond donors (Lipinski definition) is 2. The molecule has 2 fully saturated rings. The Morgan fingerprint density at radius 1 is 1.03 bits per heavy atom. The molecule has 1 aromatic carbocycles. The lowest BCUT2D eigenvalue weighted by atomic mass is 10.1. The van der Waals surface area contributed by atoms with Crippen molar-refractivity contribution in [3.05, 3.63) is 57.8 Å². The van der Waals surface area contributed by atoms with E-state index in [4.69, 9.17) is 0 Å². The van der Waals surface area contributed by atoms with Gasteiger partial charge in [-0.2, -0.15) is 0 Å². The van der Waals surface area contributed by atoms with Crippen molar-refractivity contribution in [3.63, 3.8) is 0 Å². The van der Waals surface area contributed by atoms with Crippen LogP contribution in [0.25, 0.3) is 0 Å². The van der Waals surface area contributed by atoms with Gasteiger partial charge in [0, 0.05) is 32.7 Å². The van der Waals surface area contributed by atoms with Gasteiger partial charge < -0.3 is 15.5 Å². The highest BCUT2D eigenvalue weighted by Crippen LogP contribution is 2.21. The van der Waals surface area contributed by atoms with E-state index in [-0.39, 0.29) is 17.9 Å². The highest BCUT2D eigenvalue weighted by Gasteiger charge is 2.29. The molecule has 0 radical (unpaired) electrons. The number of urea groups is 1. The van der Waals surface area contributed by atoms with Crippen molar-refractivity contribution >= 4 is 23.2 Å². The van der Waals surface area contributed by atoms with Crippen LogP contribution >= 0.6 is 11.3 Å². The average Bonchev–Trinajstić information content (AvgIpc) is 3.12. The molecule has 2 aliphatic rings. The Kier molecular flexibility index (Phi) is 7.72. The second kappa shape index (κ2) is 10.9. The fourth-order valence-corrected chi connectivity index (χ4v) is 5.21. The summed E-state index contributed by atoms with van der Waals surface area (Å²) in [6.07, 6.45) is 5.19. The Hall–Kier alpha value is -2.22. The number of carbonyl (C=O) groups excluding carboxylic acids is 2. The number of Topliss-reactive ketones (excluding diaryl/α,β-unsaturated/α-hetero) is 1. The summed E-state index contributed by atoms with van der Waals surface area (Å²) in [5, 5.41) is 8.38. The van der Waals surface area contributed by atoms with Gasteiger partial charge in [0.1, 0.15) is 0 Å². The molecule has 2 amide bonds. The summed E-state index contributed by atoms with van der Waals surface area (Å²) in [7, 11) is 0. The van der Waals surface area contributed by atoms with Gasteiger partial charge in [0.2, 0.25) is 0 Å². The minimum atomic E-state index is -0.346. The van der Waals surface area contributed by atoms with Crippen molar-refractivity contribution in [2.75, 3.05) is 32.7 Å². The average molecular weight is 441 g/mol. The van der Waals surface area contributed by atoms with E-state index < -0.39 is 0 Å². The number of piperazine rings is 1. The van der Waals surface area contributed by atoms with Gasteiger partial charge in [-0.15, -0.1) is 11.3 Å². The molecule has 2 aromatic rings. The Morgan fingerprint density at radius 2 is 1.81 bits per heavy atom. The van der Waals surface area contributed by atoms with E-state index >= 15 is 0 Å². The molecule has 0 aliphatic carbocycles. The zero-order valence-corrected chi connectivity index (χ0v) is 18.8. The number of rotatable bonds is 6. The first-order chi connectivity index (χ1) is 15.2. The lowest BCUT2D eigenvalue weighted by Gasteiger charge is -2.32. The molecule has 2 aliphatic heterocycles. The van der Waals surface area contributed by atoms with Gasteiger partial charge in [0.05, 0.1) is 10.9 Å². The zero-order chi connectivity index (χ0) is 21.5. The molecule has 6 nitrogen and oxygen atoms in total. The number of ketones is 1. The third kappa shape index (κ3) is 6.15. The molecule has 0 bridgehead atoms. The molecule has 2 saturated heterocycles. The summed E-state index contributed by atoms with van der Waals surface area (Å²) in [6, 6.07) is 11.5. The predicted molar refractivity (Wildman–Crippen MR) is 124 cm³/mol. The van der Waals surface area contributed by atoms with Crippen molar-refractivity contribution in [2.24, 2.45) is 0 Å². The number of nitrogens with zero attached hydrogens (tertiary/aromatic N) is 2. The summed E-state index contributed by atoms with van der Waals surface area (Å²) in [5.41, 5.74) is 2.29. The van der Waals surface area contributed by atoms with E-state index in [1.165, 1.54) is 42.6 Å². The van der Waals surface area contributed by atoms with Crippen molar-refractivity contribution in [1.82, 2.24) is 20.4 Å². The smallest absolute Gasteiger partial charge is 0.317 e. The number of thiophene rings is 1. The fourth-order valence-electron chi connectivity index (χ4n) is 4.31. The Bertz CT molecular complexity index is 861. The van der Waals surface area contributed by atoms with E-state index in [1.807, 2.05) is 36.4 Å². The summed E-state index contributed by atoms with van der Waals surface area (Å²) >= 11 is 1.53. The lowest BCUT2D eigenvalue weighted by Crippen LogP contribution is -2.57. The molecule has 166 valence electrons. The Balaban J connectivity index is 1.30. The van der Waals surface area contributed by atoms with Gasteiger partial charge in [0.25, 0.3) is 0 Å². The first-order valence-electron chi connectivity index (χ1n) is 11.3.